The fourth-order valence-corrected chi connectivity index (χ4v) is 2.32. The van der Waals surface area contributed by atoms with Crippen LogP contribution in [-0.4, -0.2) is 8.96 Å². The molecule has 3 heteroatoms. The summed E-state index contributed by atoms with van der Waals surface area (Å²) in [6, 6.07) is 7.62. The van der Waals surface area contributed by atoms with Crippen molar-refractivity contribution >= 4 is 22.4 Å². The van der Waals surface area contributed by atoms with Gasteiger partial charge in [-0.25, -0.2) is 0 Å². The van der Waals surface area contributed by atoms with E-state index in [9.17, 15) is 4.21 Å². The zero-order valence-electron chi connectivity index (χ0n) is 8.71. The average molecular weight is 231 g/mol. The fraction of sp³-hybridized carbons (Fsp3) is 0.455. The summed E-state index contributed by atoms with van der Waals surface area (Å²) in [5.41, 5.74) is 1.06. The van der Waals surface area contributed by atoms with Gasteiger partial charge < -0.3 is 0 Å². The van der Waals surface area contributed by atoms with Crippen LogP contribution >= 0.6 is 11.6 Å². The molecule has 1 aromatic carbocycles. The Hall–Kier alpha value is -0.340. The van der Waals surface area contributed by atoms with Gasteiger partial charge in [-0.3, -0.25) is 4.21 Å². The Kier molecular flexibility index (Phi) is 3.73. The maximum absolute atomic E-state index is 11.9. The normalized spacial score (nSPS) is 14.0. The molecule has 0 amide bonds. The third kappa shape index (κ3) is 2.82. The van der Waals surface area contributed by atoms with Crippen LogP contribution in [0.5, 0.6) is 0 Å². The second-order valence-electron chi connectivity index (χ2n) is 4.16. The molecular formula is C11H15ClOS. The van der Waals surface area contributed by atoms with Gasteiger partial charge in [-0.05, 0) is 38.5 Å². The van der Waals surface area contributed by atoms with Crippen molar-refractivity contribution in [2.75, 3.05) is 0 Å². The molecule has 1 rings (SSSR count). The molecule has 0 spiro atoms. The molecule has 14 heavy (non-hydrogen) atoms. The van der Waals surface area contributed by atoms with Crippen LogP contribution in [0.2, 0.25) is 0 Å². The number of rotatable bonds is 2. The number of hydrogen-bond acceptors (Lipinski definition) is 1. The second kappa shape index (κ2) is 4.45. The third-order valence-corrected chi connectivity index (χ3v) is 3.97. The van der Waals surface area contributed by atoms with Crippen LogP contribution in [0.15, 0.2) is 29.2 Å². The summed E-state index contributed by atoms with van der Waals surface area (Å²) in [7, 11) is -0.954. The Morgan fingerprint density at radius 1 is 1.21 bits per heavy atom. The van der Waals surface area contributed by atoms with Crippen molar-refractivity contribution in [2.45, 2.75) is 36.3 Å². The summed E-state index contributed by atoms with van der Waals surface area (Å²) in [6.45, 7) is 5.91. The summed E-state index contributed by atoms with van der Waals surface area (Å²) in [6.07, 6.45) is 0. The third-order valence-electron chi connectivity index (χ3n) is 1.85. The van der Waals surface area contributed by atoms with Crippen molar-refractivity contribution in [1.29, 1.82) is 0 Å². The molecule has 0 bridgehead atoms. The van der Waals surface area contributed by atoms with E-state index < -0.39 is 10.8 Å². The van der Waals surface area contributed by atoms with Gasteiger partial charge in [-0.1, -0.05) is 12.1 Å². The molecule has 1 nitrogen and oxygen atoms in total. The molecule has 0 heterocycles. The summed E-state index contributed by atoms with van der Waals surface area (Å²) < 4.78 is 11.7. The van der Waals surface area contributed by atoms with Crippen LogP contribution in [0.3, 0.4) is 0 Å². The van der Waals surface area contributed by atoms with E-state index in [-0.39, 0.29) is 4.75 Å². The molecule has 0 radical (unpaired) electrons. The molecule has 78 valence electrons. The Labute approximate surface area is 92.9 Å². The zero-order chi connectivity index (χ0) is 10.8. The van der Waals surface area contributed by atoms with Gasteiger partial charge in [0.2, 0.25) is 0 Å². The van der Waals surface area contributed by atoms with E-state index >= 15 is 0 Å². The second-order valence-corrected chi connectivity index (χ2v) is 6.66. The summed E-state index contributed by atoms with van der Waals surface area (Å²) in [5, 5.41) is 0. The Balaban J connectivity index is 2.93. The molecule has 0 N–H and O–H groups in total. The molecule has 1 unspecified atom stereocenters. The minimum Gasteiger partial charge on any atom is -0.254 e. The van der Waals surface area contributed by atoms with E-state index in [1.165, 1.54) is 0 Å². The van der Waals surface area contributed by atoms with Gasteiger partial charge >= 0.3 is 0 Å². The Morgan fingerprint density at radius 3 is 2.07 bits per heavy atom. The average Bonchev–Trinajstić information content (AvgIpc) is 2.15. The first kappa shape index (κ1) is 11.7. The number of hydrogen-bond donors (Lipinski definition) is 0. The van der Waals surface area contributed by atoms with Crippen molar-refractivity contribution in [3.05, 3.63) is 29.8 Å². The van der Waals surface area contributed by atoms with Crippen molar-refractivity contribution in [3.63, 3.8) is 0 Å². The highest BCUT2D eigenvalue weighted by Crippen LogP contribution is 2.20. The van der Waals surface area contributed by atoms with E-state index in [1.54, 1.807) is 0 Å². The van der Waals surface area contributed by atoms with E-state index in [4.69, 9.17) is 11.6 Å². The lowest BCUT2D eigenvalue weighted by molar-refractivity contribution is 0.649. The van der Waals surface area contributed by atoms with Gasteiger partial charge in [-0.15, -0.1) is 11.6 Å². The standard InChI is InChI=1S/C11H15ClOS/c1-11(2,3)14(13)10-6-4-9(8-12)5-7-10/h4-7H,8H2,1-3H3. The molecule has 0 aliphatic carbocycles. The van der Waals surface area contributed by atoms with Crippen molar-refractivity contribution in [2.24, 2.45) is 0 Å². The monoisotopic (exact) mass is 230 g/mol. The molecule has 1 atom stereocenters. The maximum Gasteiger partial charge on any atom is 0.0583 e. The highest BCUT2D eigenvalue weighted by molar-refractivity contribution is 7.86. The first-order chi connectivity index (χ1) is 6.45. The van der Waals surface area contributed by atoms with Gasteiger partial charge in [0.15, 0.2) is 0 Å². The van der Waals surface area contributed by atoms with Crippen molar-refractivity contribution in [3.8, 4) is 0 Å². The number of halogens is 1. The lowest BCUT2D eigenvalue weighted by atomic mass is 10.2. The molecule has 0 aliphatic heterocycles. The molecule has 0 fully saturated rings. The van der Waals surface area contributed by atoms with Crippen LogP contribution in [0.4, 0.5) is 0 Å². The van der Waals surface area contributed by atoms with Gasteiger partial charge in [0.05, 0.1) is 10.8 Å². The van der Waals surface area contributed by atoms with Crippen LogP contribution in [0.25, 0.3) is 0 Å². The fourth-order valence-electron chi connectivity index (χ4n) is 1.06. The molecule has 0 saturated heterocycles. The van der Waals surface area contributed by atoms with Crippen molar-refractivity contribution in [1.82, 2.24) is 0 Å². The molecule has 1 aromatic rings. The number of alkyl halides is 1. The van der Waals surface area contributed by atoms with E-state index in [0.29, 0.717) is 5.88 Å². The predicted octanol–water partition coefficient (Wildman–Crippen LogP) is 3.33. The van der Waals surface area contributed by atoms with E-state index in [2.05, 4.69) is 0 Å². The quantitative estimate of drug-likeness (QED) is 0.713. The largest absolute Gasteiger partial charge is 0.254 e. The lowest BCUT2D eigenvalue weighted by Crippen LogP contribution is -2.21. The highest BCUT2D eigenvalue weighted by atomic mass is 35.5. The predicted molar refractivity (Wildman–Crippen MR) is 62.2 cm³/mol. The Morgan fingerprint density at radius 2 is 1.71 bits per heavy atom. The van der Waals surface area contributed by atoms with Gasteiger partial charge in [0, 0.05) is 15.5 Å². The first-order valence-electron chi connectivity index (χ1n) is 4.52. The molecule has 0 aliphatic rings. The van der Waals surface area contributed by atoms with Crippen LogP contribution in [0.1, 0.15) is 26.3 Å². The maximum atomic E-state index is 11.9. The van der Waals surface area contributed by atoms with Crippen LogP contribution in [-0.2, 0) is 16.7 Å². The highest BCUT2D eigenvalue weighted by Gasteiger charge is 2.20. The van der Waals surface area contributed by atoms with E-state index in [0.717, 1.165) is 10.5 Å². The summed E-state index contributed by atoms with van der Waals surface area (Å²) in [5.74, 6) is 0.502. The summed E-state index contributed by atoms with van der Waals surface area (Å²) >= 11 is 5.67. The molecule has 0 aromatic heterocycles. The molecule has 0 saturated carbocycles. The van der Waals surface area contributed by atoms with Gasteiger partial charge in [0.1, 0.15) is 0 Å². The van der Waals surface area contributed by atoms with Gasteiger partial charge in [0.25, 0.3) is 0 Å². The minimum absolute atomic E-state index is 0.206. The van der Waals surface area contributed by atoms with Crippen LogP contribution < -0.4 is 0 Å². The van der Waals surface area contributed by atoms with E-state index in [1.807, 2.05) is 45.0 Å². The van der Waals surface area contributed by atoms with Gasteiger partial charge in [-0.2, -0.15) is 0 Å². The Bertz CT molecular complexity index is 324. The van der Waals surface area contributed by atoms with Crippen molar-refractivity contribution < 1.29 is 4.21 Å². The molecular weight excluding hydrogens is 216 g/mol. The van der Waals surface area contributed by atoms with Crippen LogP contribution in [0, 0.1) is 0 Å². The zero-order valence-corrected chi connectivity index (χ0v) is 10.3. The smallest absolute Gasteiger partial charge is 0.0583 e. The lowest BCUT2D eigenvalue weighted by Gasteiger charge is -2.17. The number of benzene rings is 1. The minimum atomic E-state index is -0.954. The summed E-state index contributed by atoms with van der Waals surface area (Å²) in [4.78, 5) is 0.867. The SMILES string of the molecule is CC(C)(C)S(=O)c1ccc(CCl)cc1. The first-order valence-corrected chi connectivity index (χ1v) is 6.20. The topological polar surface area (TPSA) is 17.1 Å².